The zero-order chi connectivity index (χ0) is 12.4. The molecule has 0 radical (unpaired) electrons. The van der Waals surface area contributed by atoms with Crippen molar-refractivity contribution in [3.63, 3.8) is 0 Å². The first-order chi connectivity index (χ1) is 6.50. The van der Waals surface area contributed by atoms with Crippen molar-refractivity contribution < 1.29 is 31.5 Å². The molecule has 0 aromatic carbocycles. The molecule has 0 spiro atoms. The summed E-state index contributed by atoms with van der Waals surface area (Å²) in [6.45, 7) is 3.18. The Hall–Kier alpha value is -0.880. The van der Waals surface area contributed by atoms with Gasteiger partial charge in [-0.25, -0.2) is 0 Å². The standard InChI is InChI=1S/C8H11F5O2/c1-4(2)6(14)15-5(3)7(9,10)8(11,12)13/h4-5H,1-3H3. The summed E-state index contributed by atoms with van der Waals surface area (Å²) < 4.78 is 64.5. The maximum atomic E-state index is 12.5. The summed E-state index contributed by atoms with van der Waals surface area (Å²) in [5.41, 5.74) is 0. The molecule has 0 rings (SSSR count). The van der Waals surface area contributed by atoms with Crippen LogP contribution in [-0.4, -0.2) is 24.2 Å². The van der Waals surface area contributed by atoms with Gasteiger partial charge in [0.15, 0.2) is 6.10 Å². The van der Waals surface area contributed by atoms with Crippen LogP contribution < -0.4 is 0 Å². The smallest absolute Gasteiger partial charge is 0.456 e. The van der Waals surface area contributed by atoms with E-state index in [2.05, 4.69) is 4.74 Å². The number of carbonyl (C=O) groups is 1. The highest BCUT2D eigenvalue weighted by atomic mass is 19.4. The number of esters is 1. The first-order valence-corrected chi connectivity index (χ1v) is 4.15. The molecule has 0 bridgehead atoms. The number of rotatable bonds is 3. The van der Waals surface area contributed by atoms with Gasteiger partial charge in [-0.3, -0.25) is 4.79 Å². The van der Waals surface area contributed by atoms with Crippen LogP contribution in [0.2, 0.25) is 0 Å². The largest absolute Gasteiger partial charge is 0.457 e. The molecular formula is C8H11F5O2. The molecule has 0 aliphatic carbocycles. The molecule has 7 heteroatoms. The molecule has 0 N–H and O–H groups in total. The van der Waals surface area contributed by atoms with E-state index in [0.717, 1.165) is 0 Å². The van der Waals surface area contributed by atoms with Crippen LogP contribution in [-0.2, 0) is 9.53 Å². The van der Waals surface area contributed by atoms with Crippen LogP contribution in [0.15, 0.2) is 0 Å². The fourth-order valence-corrected chi connectivity index (χ4v) is 0.615. The predicted octanol–water partition coefficient (Wildman–Crippen LogP) is 2.77. The predicted molar refractivity (Wildman–Crippen MR) is 41.4 cm³/mol. The number of alkyl halides is 5. The second-order valence-corrected chi connectivity index (χ2v) is 3.35. The van der Waals surface area contributed by atoms with E-state index in [1.807, 2.05) is 0 Å². The van der Waals surface area contributed by atoms with Gasteiger partial charge < -0.3 is 4.74 Å². The van der Waals surface area contributed by atoms with Crippen LogP contribution >= 0.6 is 0 Å². The third-order valence-corrected chi connectivity index (χ3v) is 1.65. The Kier molecular flexibility index (Phi) is 4.07. The molecule has 1 unspecified atom stereocenters. The van der Waals surface area contributed by atoms with Crippen molar-refractivity contribution in [2.75, 3.05) is 0 Å². The van der Waals surface area contributed by atoms with Gasteiger partial charge in [0, 0.05) is 0 Å². The van der Waals surface area contributed by atoms with Gasteiger partial charge in [-0.2, -0.15) is 22.0 Å². The average Bonchev–Trinajstić information content (AvgIpc) is 2.01. The minimum Gasteiger partial charge on any atom is -0.456 e. The lowest BCUT2D eigenvalue weighted by Crippen LogP contribution is -2.47. The molecule has 0 amide bonds. The quantitative estimate of drug-likeness (QED) is 0.554. The molecule has 0 heterocycles. The van der Waals surface area contributed by atoms with Crippen LogP contribution in [0, 0.1) is 5.92 Å². The van der Waals surface area contributed by atoms with Crippen molar-refractivity contribution in [3.05, 3.63) is 0 Å². The monoisotopic (exact) mass is 234 g/mol. The van der Waals surface area contributed by atoms with E-state index in [1.165, 1.54) is 13.8 Å². The molecule has 0 saturated carbocycles. The Morgan fingerprint density at radius 3 is 1.73 bits per heavy atom. The Bertz CT molecular complexity index is 234. The van der Waals surface area contributed by atoms with Crippen molar-refractivity contribution in [1.29, 1.82) is 0 Å². The third kappa shape index (κ3) is 3.32. The van der Waals surface area contributed by atoms with Crippen LogP contribution in [0.5, 0.6) is 0 Å². The summed E-state index contributed by atoms with van der Waals surface area (Å²) in [4.78, 5) is 10.8. The van der Waals surface area contributed by atoms with Crippen molar-refractivity contribution in [2.24, 2.45) is 5.92 Å². The lowest BCUT2D eigenvalue weighted by atomic mass is 10.2. The van der Waals surface area contributed by atoms with Gasteiger partial charge in [0.25, 0.3) is 0 Å². The summed E-state index contributed by atoms with van der Waals surface area (Å²) in [5.74, 6) is -6.87. The Labute approximate surface area is 83.4 Å². The van der Waals surface area contributed by atoms with Gasteiger partial charge in [0.2, 0.25) is 0 Å². The zero-order valence-electron chi connectivity index (χ0n) is 8.36. The molecule has 0 aliphatic heterocycles. The highest BCUT2D eigenvalue weighted by molar-refractivity contribution is 5.71. The number of hydrogen-bond donors (Lipinski definition) is 0. The van der Waals surface area contributed by atoms with E-state index >= 15 is 0 Å². The maximum Gasteiger partial charge on any atom is 0.457 e. The molecule has 0 aliphatic rings. The SMILES string of the molecule is CC(C)C(=O)OC(C)C(F)(F)C(F)(F)F. The fraction of sp³-hybridized carbons (Fsp3) is 0.875. The summed E-state index contributed by atoms with van der Waals surface area (Å²) in [5, 5.41) is 0. The second-order valence-electron chi connectivity index (χ2n) is 3.35. The van der Waals surface area contributed by atoms with Crippen molar-refractivity contribution >= 4 is 5.97 Å². The van der Waals surface area contributed by atoms with Crippen LogP contribution in [0.1, 0.15) is 20.8 Å². The molecule has 0 aromatic heterocycles. The van der Waals surface area contributed by atoms with E-state index in [9.17, 15) is 26.7 Å². The van der Waals surface area contributed by atoms with Crippen molar-refractivity contribution in [3.8, 4) is 0 Å². The van der Waals surface area contributed by atoms with Crippen LogP contribution in [0.25, 0.3) is 0 Å². The zero-order valence-corrected chi connectivity index (χ0v) is 8.36. The van der Waals surface area contributed by atoms with E-state index in [0.29, 0.717) is 6.92 Å². The van der Waals surface area contributed by atoms with Gasteiger partial charge in [-0.15, -0.1) is 0 Å². The summed E-state index contributed by atoms with van der Waals surface area (Å²) >= 11 is 0. The Balaban J connectivity index is 4.59. The van der Waals surface area contributed by atoms with Gasteiger partial charge in [0.05, 0.1) is 5.92 Å². The highest BCUT2D eigenvalue weighted by Crippen LogP contribution is 2.39. The van der Waals surface area contributed by atoms with Crippen LogP contribution in [0.3, 0.4) is 0 Å². The topological polar surface area (TPSA) is 26.3 Å². The van der Waals surface area contributed by atoms with Crippen molar-refractivity contribution in [1.82, 2.24) is 0 Å². The average molecular weight is 234 g/mol. The Morgan fingerprint density at radius 2 is 1.47 bits per heavy atom. The van der Waals surface area contributed by atoms with Crippen LogP contribution in [0.4, 0.5) is 22.0 Å². The minimum atomic E-state index is -5.72. The lowest BCUT2D eigenvalue weighted by molar-refractivity contribution is -0.312. The van der Waals surface area contributed by atoms with E-state index < -0.39 is 30.1 Å². The summed E-state index contributed by atoms with van der Waals surface area (Å²) in [6.07, 6.45) is -8.24. The number of hydrogen-bond acceptors (Lipinski definition) is 2. The van der Waals surface area contributed by atoms with E-state index in [1.54, 1.807) is 0 Å². The van der Waals surface area contributed by atoms with Gasteiger partial charge in [0.1, 0.15) is 0 Å². The van der Waals surface area contributed by atoms with Gasteiger partial charge in [-0.05, 0) is 6.92 Å². The Morgan fingerprint density at radius 1 is 1.07 bits per heavy atom. The molecule has 90 valence electrons. The second kappa shape index (κ2) is 4.32. The van der Waals surface area contributed by atoms with Gasteiger partial charge >= 0.3 is 18.1 Å². The minimum absolute atomic E-state index is 0.508. The number of halogens is 5. The number of ether oxygens (including phenoxy) is 1. The first-order valence-electron chi connectivity index (χ1n) is 4.15. The molecule has 1 atom stereocenters. The summed E-state index contributed by atoms with van der Waals surface area (Å²) in [6, 6.07) is 0. The first kappa shape index (κ1) is 14.1. The normalized spacial score (nSPS) is 15.3. The fourth-order valence-electron chi connectivity index (χ4n) is 0.615. The van der Waals surface area contributed by atoms with E-state index in [4.69, 9.17) is 0 Å². The molecule has 2 nitrogen and oxygen atoms in total. The maximum absolute atomic E-state index is 12.5. The van der Waals surface area contributed by atoms with Gasteiger partial charge in [-0.1, -0.05) is 13.8 Å². The lowest BCUT2D eigenvalue weighted by Gasteiger charge is -2.26. The van der Waals surface area contributed by atoms with Crippen molar-refractivity contribution in [2.45, 2.75) is 39.0 Å². The molecule has 0 aromatic rings. The van der Waals surface area contributed by atoms with E-state index in [-0.39, 0.29) is 0 Å². The molecule has 15 heavy (non-hydrogen) atoms. The third-order valence-electron chi connectivity index (χ3n) is 1.65. The molecule has 0 saturated heterocycles. The number of carbonyl (C=O) groups excluding carboxylic acids is 1. The molecular weight excluding hydrogens is 223 g/mol. The summed E-state index contributed by atoms with van der Waals surface area (Å²) in [7, 11) is 0. The highest BCUT2D eigenvalue weighted by Gasteiger charge is 2.62. The molecule has 0 fully saturated rings.